The Kier molecular flexibility index (Phi) is 3.22. The van der Waals surface area contributed by atoms with Crippen LogP contribution in [0.1, 0.15) is 40.0 Å². The Bertz CT molecular complexity index is 264. The van der Waals surface area contributed by atoms with Gasteiger partial charge in [-0.1, -0.05) is 20.8 Å². The van der Waals surface area contributed by atoms with Gasteiger partial charge in [0.1, 0.15) is 0 Å². The predicted octanol–water partition coefficient (Wildman–Crippen LogP) is 1.92. The maximum atomic E-state index is 12.2. The van der Waals surface area contributed by atoms with Crippen molar-refractivity contribution in [1.29, 1.82) is 0 Å². The van der Waals surface area contributed by atoms with E-state index in [4.69, 9.17) is 0 Å². The third-order valence-corrected chi connectivity index (χ3v) is 5.92. The highest BCUT2D eigenvalue weighted by atomic mass is 32.2. The van der Waals surface area contributed by atoms with Crippen molar-refractivity contribution in [2.45, 2.75) is 51.3 Å². The first kappa shape index (κ1) is 11.6. The lowest BCUT2D eigenvalue weighted by Gasteiger charge is -2.39. The second-order valence-corrected chi connectivity index (χ2v) is 7.81. The molecule has 1 saturated heterocycles. The standard InChI is InChI=1S/C12H23NOS/c1-9-7-13-10-4-5-12(2,3)6-11(10)15(14)8-9/h9-11,13H,4-8H2,1-3H3. The van der Waals surface area contributed by atoms with Gasteiger partial charge in [0.05, 0.1) is 5.25 Å². The van der Waals surface area contributed by atoms with Gasteiger partial charge in [-0.3, -0.25) is 4.21 Å². The summed E-state index contributed by atoms with van der Waals surface area (Å²) in [6, 6.07) is 0.517. The normalized spacial score (nSPS) is 45.5. The lowest BCUT2D eigenvalue weighted by atomic mass is 9.75. The van der Waals surface area contributed by atoms with Crippen molar-refractivity contribution in [3.63, 3.8) is 0 Å². The molecule has 2 aliphatic rings. The van der Waals surface area contributed by atoms with E-state index in [1.54, 1.807) is 0 Å². The summed E-state index contributed by atoms with van der Waals surface area (Å²) in [5.41, 5.74) is 0.395. The molecule has 0 aromatic carbocycles. The monoisotopic (exact) mass is 229 g/mol. The average Bonchev–Trinajstić information content (AvgIpc) is 2.26. The topological polar surface area (TPSA) is 29.1 Å². The minimum absolute atomic E-state index is 0.395. The number of fused-ring (bicyclic) bond motifs is 1. The quantitative estimate of drug-likeness (QED) is 0.687. The summed E-state index contributed by atoms with van der Waals surface area (Å²) in [6.45, 7) is 7.88. The molecule has 15 heavy (non-hydrogen) atoms. The zero-order valence-corrected chi connectivity index (χ0v) is 10.9. The van der Waals surface area contributed by atoms with Crippen LogP contribution in [0.15, 0.2) is 0 Å². The molecule has 1 heterocycles. The van der Waals surface area contributed by atoms with E-state index in [2.05, 4.69) is 26.1 Å². The molecule has 4 unspecified atom stereocenters. The van der Waals surface area contributed by atoms with Gasteiger partial charge in [-0.05, 0) is 37.1 Å². The predicted molar refractivity (Wildman–Crippen MR) is 65.4 cm³/mol. The summed E-state index contributed by atoms with van der Waals surface area (Å²) in [7, 11) is -0.613. The maximum Gasteiger partial charge on any atom is 0.0506 e. The van der Waals surface area contributed by atoms with Crippen LogP contribution >= 0.6 is 0 Å². The molecule has 0 spiro atoms. The third-order valence-electron chi connectivity index (χ3n) is 3.85. The Morgan fingerprint density at radius 3 is 2.87 bits per heavy atom. The number of nitrogens with one attached hydrogen (secondary N) is 1. The highest BCUT2D eigenvalue weighted by Crippen LogP contribution is 2.38. The van der Waals surface area contributed by atoms with E-state index >= 15 is 0 Å². The highest BCUT2D eigenvalue weighted by molar-refractivity contribution is 7.85. The molecule has 1 saturated carbocycles. The van der Waals surface area contributed by atoms with Gasteiger partial charge in [-0.25, -0.2) is 0 Å². The summed E-state index contributed by atoms with van der Waals surface area (Å²) < 4.78 is 12.2. The van der Waals surface area contributed by atoms with Crippen molar-refractivity contribution in [2.24, 2.45) is 11.3 Å². The summed E-state index contributed by atoms with van der Waals surface area (Å²) in [6.07, 6.45) is 3.60. The van der Waals surface area contributed by atoms with E-state index < -0.39 is 10.8 Å². The minimum atomic E-state index is -0.613. The van der Waals surface area contributed by atoms with Crippen LogP contribution in [0.3, 0.4) is 0 Å². The van der Waals surface area contributed by atoms with Crippen molar-refractivity contribution < 1.29 is 4.21 Å². The molecule has 0 amide bonds. The van der Waals surface area contributed by atoms with Crippen molar-refractivity contribution in [1.82, 2.24) is 5.32 Å². The van der Waals surface area contributed by atoms with Crippen molar-refractivity contribution in [3.8, 4) is 0 Å². The van der Waals surface area contributed by atoms with Crippen molar-refractivity contribution in [2.75, 3.05) is 12.3 Å². The van der Waals surface area contributed by atoms with Crippen LogP contribution < -0.4 is 5.32 Å². The van der Waals surface area contributed by atoms with Crippen LogP contribution in [0.25, 0.3) is 0 Å². The Labute approximate surface area is 95.7 Å². The molecule has 3 heteroatoms. The van der Waals surface area contributed by atoms with E-state index in [-0.39, 0.29) is 0 Å². The molecule has 0 aromatic rings. The highest BCUT2D eigenvalue weighted by Gasteiger charge is 2.39. The molecule has 2 rings (SSSR count). The van der Waals surface area contributed by atoms with Crippen LogP contribution in [0.2, 0.25) is 0 Å². The van der Waals surface area contributed by atoms with Gasteiger partial charge >= 0.3 is 0 Å². The fourth-order valence-corrected chi connectivity index (χ4v) is 5.01. The number of hydrogen-bond acceptors (Lipinski definition) is 2. The van der Waals surface area contributed by atoms with E-state index in [1.807, 2.05) is 0 Å². The molecule has 88 valence electrons. The van der Waals surface area contributed by atoms with E-state index in [1.165, 1.54) is 12.8 Å². The first-order valence-corrected chi connectivity index (χ1v) is 7.47. The molecule has 0 aromatic heterocycles. The van der Waals surface area contributed by atoms with Crippen LogP contribution in [0, 0.1) is 11.3 Å². The molecule has 0 bridgehead atoms. The lowest BCUT2D eigenvalue weighted by molar-refractivity contribution is 0.212. The Balaban J connectivity index is 2.12. The summed E-state index contributed by atoms with van der Waals surface area (Å²) in [5, 5.41) is 4.01. The van der Waals surface area contributed by atoms with E-state index in [0.717, 1.165) is 18.7 Å². The van der Waals surface area contributed by atoms with Crippen LogP contribution in [-0.2, 0) is 10.8 Å². The third kappa shape index (κ3) is 2.62. The van der Waals surface area contributed by atoms with Crippen LogP contribution in [-0.4, -0.2) is 27.8 Å². The smallest absolute Gasteiger partial charge is 0.0506 e. The number of rotatable bonds is 0. The van der Waals surface area contributed by atoms with Gasteiger partial charge in [0.2, 0.25) is 0 Å². The molecular weight excluding hydrogens is 206 g/mol. The van der Waals surface area contributed by atoms with Gasteiger partial charge in [-0.2, -0.15) is 0 Å². The first-order chi connectivity index (χ1) is 6.98. The van der Waals surface area contributed by atoms with Crippen molar-refractivity contribution >= 4 is 10.8 Å². The Morgan fingerprint density at radius 1 is 1.40 bits per heavy atom. The zero-order valence-electron chi connectivity index (χ0n) is 10.1. The van der Waals surface area contributed by atoms with Gasteiger partial charge in [-0.15, -0.1) is 0 Å². The van der Waals surface area contributed by atoms with Crippen LogP contribution in [0.4, 0.5) is 0 Å². The molecular formula is C12H23NOS. The van der Waals surface area contributed by atoms with E-state index in [0.29, 0.717) is 22.6 Å². The second-order valence-electron chi connectivity index (χ2n) is 6.11. The summed E-state index contributed by atoms with van der Waals surface area (Å²) in [5.74, 6) is 1.46. The van der Waals surface area contributed by atoms with Crippen LogP contribution in [0.5, 0.6) is 0 Å². The van der Waals surface area contributed by atoms with E-state index in [9.17, 15) is 4.21 Å². The SMILES string of the molecule is CC1CNC2CCC(C)(C)CC2S(=O)C1. The average molecular weight is 229 g/mol. The zero-order chi connectivity index (χ0) is 11.1. The molecule has 4 atom stereocenters. The molecule has 2 fully saturated rings. The molecule has 2 nitrogen and oxygen atoms in total. The summed E-state index contributed by atoms with van der Waals surface area (Å²) in [4.78, 5) is 0. The van der Waals surface area contributed by atoms with Gasteiger partial charge in [0.15, 0.2) is 0 Å². The van der Waals surface area contributed by atoms with Gasteiger partial charge in [0.25, 0.3) is 0 Å². The Morgan fingerprint density at radius 2 is 2.13 bits per heavy atom. The lowest BCUT2D eigenvalue weighted by Crippen LogP contribution is -2.47. The minimum Gasteiger partial charge on any atom is -0.312 e. The Hall–Kier alpha value is 0.110. The molecule has 1 aliphatic carbocycles. The largest absolute Gasteiger partial charge is 0.312 e. The number of hydrogen-bond donors (Lipinski definition) is 1. The first-order valence-electron chi connectivity index (χ1n) is 6.08. The molecule has 0 radical (unpaired) electrons. The maximum absolute atomic E-state index is 12.2. The van der Waals surface area contributed by atoms with Gasteiger partial charge < -0.3 is 5.32 Å². The molecule has 1 aliphatic heterocycles. The second kappa shape index (κ2) is 4.17. The summed E-state index contributed by atoms with van der Waals surface area (Å²) >= 11 is 0. The molecule has 1 N–H and O–H groups in total. The van der Waals surface area contributed by atoms with Gasteiger partial charge in [0, 0.05) is 22.6 Å². The van der Waals surface area contributed by atoms with Crippen molar-refractivity contribution in [3.05, 3.63) is 0 Å². The fraction of sp³-hybridized carbons (Fsp3) is 1.00. The fourth-order valence-electron chi connectivity index (χ4n) is 2.85.